The van der Waals surface area contributed by atoms with Gasteiger partial charge in [0.1, 0.15) is 6.04 Å². The first-order chi connectivity index (χ1) is 13.7. The van der Waals surface area contributed by atoms with E-state index in [9.17, 15) is 13.2 Å². The Balaban J connectivity index is 1.97. The molecule has 0 aromatic heterocycles. The first kappa shape index (κ1) is 23.6. The molecule has 0 fully saturated rings. The Hall–Kier alpha value is -1.70. The normalized spacial score (nSPS) is 12.4. The van der Waals surface area contributed by atoms with Crippen molar-refractivity contribution in [2.24, 2.45) is 0 Å². The molecule has 8 heteroatoms. The van der Waals surface area contributed by atoms with Gasteiger partial charge < -0.3 is 5.32 Å². The van der Waals surface area contributed by atoms with E-state index in [2.05, 4.69) is 5.32 Å². The summed E-state index contributed by atoms with van der Waals surface area (Å²) in [6.07, 6.45) is 1.50. The van der Waals surface area contributed by atoms with Gasteiger partial charge in [0.05, 0.1) is 11.9 Å². The van der Waals surface area contributed by atoms with Crippen LogP contribution in [-0.2, 0) is 20.6 Å². The van der Waals surface area contributed by atoms with Gasteiger partial charge in [-0.2, -0.15) is 11.8 Å². The minimum absolute atomic E-state index is 0.295. The van der Waals surface area contributed by atoms with Gasteiger partial charge in [0.2, 0.25) is 15.9 Å². The molecule has 0 bridgehead atoms. The highest BCUT2D eigenvalue weighted by Gasteiger charge is 2.31. The average Bonchev–Trinajstić information content (AvgIpc) is 2.67. The highest BCUT2D eigenvalue weighted by atomic mass is 35.5. The maximum Gasteiger partial charge on any atom is 0.243 e. The van der Waals surface area contributed by atoms with Crippen molar-refractivity contribution in [1.82, 2.24) is 5.32 Å². The van der Waals surface area contributed by atoms with Crippen LogP contribution >= 0.6 is 23.4 Å². The van der Waals surface area contributed by atoms with Crippen molar-refractivity contribution in [1.29, 1.82) is 0 Å². The summed E-state index contributed by atoms with van der Waals surface area (Å²) in [4.78, 5) is 12.7. The summed E-state index contributed by atoms with van der Waals surface area (Å²) in [5.74, 6) is 1.17. The maximum atomic E-state index is 12.7. The molecule has 1 atom stereocenters. The number of benzene rings is 2. The minimum atomic E-state index is -3.61. The second kappa shape index (κ2) is 10.9. The molecule has 5 nitrogen and oxygen atoms in total. The minimum Gasteiger partial charge on any atom is -0.353 e. The maximum absolute atomic E-state index is 12.7. The van der Waals surface area contributed by atoms with Crippen LogP contribution in [-0.4, -0.2) is 38.9 Å². The summed E-state index contributed by atoms with van der Waals surface area (Å²) >= 11 is 7.81. The van der Waals surface area contributed by atoms with Gasteiger partial charge in [0, 0.05) is 23.1 Å². The largest absolute Gasteiger partial charge is 0.353 e. The molecule has 2 rings (SSSR count). The lowest BCUT2D eigenvalue weighted by atomic mass is 10.1. The number of sulfonamides is 1. The number of anilines is 1. The van der Waals surface area contributed by atoms with Crippen LogP contribution in [0.3, 0.4) is 0 Å². The zero-order valence-electron chi connectivity index (χ0n) is 16.9. The Kier molecular flexibility index (Phi) is 8.86. The lowest BCUT2D eigenvalue weighted by Crippen LogP contribution is -2.49. The van der Waals surface area contributed by atoms with E-state index in [4.69, 9.17) is 11.6 Å². The van der Waals surface area contributed by atoms with E-state index >= 15 is 0 Å². The molecule has 29 heavy (non-hydrogen) atoms. The van der Waals surface area contributed by atoms with Gasteiger partial charge >= 0.3 is 0 Å². The lowest BCUT2D eigenvalue weighted by Gasteiger charge is -2.30. The summed E-state index contributed by atoms with van der Waals surface area (Å²) in [5.41, 5.74) is 2.57. The molecule has 0 saturated heterocycles. The quantitative estimate of drug-likeness (QED) is 0.545. The monoisotopic (exact) mass is 454 g/mol. The molecule has 0 unspecified atom stereocenters. The predicted octanol–water partition coefficient (Wildman–Crippen LogP) is 4.24. The molecular formula is C21H27ClN2O3S2. The number of carbonyl (C=O) groups excluding carboxylic acids is 1. The number of aryl methyl sites for hydroxylation is 1. The Morgan fingerprint density at radius 2 is 1.83 bits per heavy atom. The van der Waals surface area contributed by atoms with Crippen molar-refractivity contribution >= 4 is 45.0 Å². The van der Waals surface area contributed by atoms with E-state index < -0.39 is 16.1 Å². The molecule has 0 aliphatic rings. The number of hydrogen-bond acceptors (Lipinski definition) is 4. The molecule has 1 N–H and O–H groups in total. The van der Waals surface area contributed by atoms with E-state index in [0.717, 1.165) is 28.2 Å². The summed E-state index contributed by atoms with van der Waals surface area (Å²) in [5, 5.41) is 3.60. The Morgan fingerprint density at radius 1 is 1.17 bits per heavy atom. The van der Waals surface area contributed by atoms with Gasteiger partial charge in [0.15, 0.2) is 0 Å². The van der Waals surface area contributed by atoms with E-state index in [-0.39, 0.29) is 5.91 Å². The molecule has 158 valence electrons. The third kappa shape index (κ3) is 6.94. The van der Waals surface area contributed by atoms with Crippen LogP contribution < -0.4 is 9.62 Å². The number of hydrogen-bond donors (Lipinski definition) is 1. The summed E-state index contributed by atoms with van der Waals surface area (Å²) in [6, 6.07) is 14.0. The van der Waals surface area contributed by atoms with E-state index in [1.165, 1.54) is 4.31 Å². The van der Waals surface area contributed by atoms with Crippen LogP contribution in [0.2, 0.25) is 5.02 Å². The van der Waals surface area contributed by atoms with Crippen molar-refractivity contribution in [3.05, 3.63) is 64.7 Å². The molecule has 2 aromatic rings. The molecule has 0 aliphatic carbocycles. The second-order valence-corrected chi connectivity index (χ2v) is 10.1. The zero-order valence-corrected chi connectivity index (χ0v) is 19.3. The second-order valence-electron chi connectivity index (χ2n) is 6.75. The number of nitrogens with one attached hydrogen (secondary N) is 1. The van der Waals surface area contributed by atoms with Gasteiger partial charge in [-0.05, 0) is 37.1 Å². The van der Waals surface area contributed by atoms with Gasteiger partial charge in [-0.3, -0.25) is 9.10 Å². The van der Waals surface area contributed by atoms with Crippen molar-refractivity contribution in [3.63, 3.8) is 0 Å². The highest BCUT2D eigenvalue weighted by Crippen LogP contribution is 2.23. The van der Waals surface area contributed by atoms with E-state index in [0.29, 0.717) is 24.4 Å². The van der Waals surface area contributed by atoms with Crippen LogP contribution in [0.15, 0.2) is 48.5 Å². The van der Waals surface area contributed by atoms with Crippen LogP contribution in [0, 0.1) is 6.92 Å². The molecule has 0 aliphatic heterocycles. The fraction of sp³-hybridized carbons (Fsp3) is 0.381. The molecule has 0 spiro atoms. The summed E-state index contributed by atoms with van der Waals surface area (Å²) in [7, 11) is -3.61. The smallest absolute Gasteiger partial charge is 0.243 e. The van der Waals surface area contributed by atoms with Gasteiger partial charge in [-0.25, -0.2) is 8.42 Å². The standard InChI is InChI=1S/C21H27ClN2O3S2/c1-4-20(24(29(3,26)27)18-11-9-16(2)10-12-18)21(25)23-13-14-28-15-17-7-5-6-8-19(17)22/h5-12,20H,4,13-15H2,1-3H3,(H,23,25)/t20-/m1/s1. The fourth-order valence-electron chi connectivity index (χ4n) is 2.91. The molecular weight excluding hydrogens is 428 g/mol. The SMILES string of the molecule is CC[C@H](C(=O)NCCSCc1ccccc1Cl)N(c1ccc(C)cc1)S(C)(=O)=O. The van der Waals surface area contributed by atoms with Crippen LogP contribution in [0.25, 0.3) is 0 Å². The van der Waals surface area contributed by atoms with Gasteiger partial charge in [-0.1, -0.05) is 54.4 Å². The number of rotatable bonds is 10. The average molecular weight is 455 g/mol. The summed E-state index contributed by atoms with van der Waals surface area (Å²) < 4.78 is 26.0. The number of nitrogens with zero attached hydrogens (tertiary/aromatic N) is 1. The predicted molar refractivity (Wildman–Crippen MR) is 123 cm³/mol. The first-order valence-corrected chi connectivity index (χ1v) is 12.8. The van der Waals surface area contributed by atoms with E-state index in [1.807, 2.05) is 50.2 Å². The van der Waals surface area contributed by atoms with E-state index in [1.54, 1.807) is 23.9 Å². The third-order valence-corrected chi connectivity index (χ3v) is 6.94. The third-order valence-electron chi connectivity index (χ3n) is 4.38. The fourth-order valence-corrected chi connectivity index (χ4v) is 5.27. The summed E-state index contributed by atoms with van der Waals surface area (Å²) in [6.45, 7) is 4.19. The van der Waals surface area contributed by atoms with Crippen molar-refractivity contribution in [2.45, 2.75) is 32.1 Å². The molecule has 1 amide bonds. The van der Waals surface area contributed by atoms with Crippen LogP contribution in [0.5, 0.6) is 0 Å². The topological polar surface area (TPSA) is 66.5 Å². The number of halogens is 1. The number of thioether (sulfide) groups is 1. The first-order valence-electron chi connectivity index (χ1n) is 9.39. The Morgan fingerprint density at radius 3 is 2.41 bits per heavy atom. The molecule has 0 heterocycles. The van der Waals surface area contributed by atoms with Crippen LogP contribution in [0.4, 0.5) is 5.69 Å². The van der Waals surface area contributed by atoms with Crippen LogP contribution in [0.1, 0.15) is 24.5 Å². The number of carbonyl (C=O) groups is 1. The number of amides is 1. The van der Waals surface area contributed by atoms with Gasteiger partial charge in [0.25, 0.3) is 0 Å². The Bertz CT molecular complexity index is 918. The lowest BCUT2D eigenvalue weighted by molar-refractivity contribution is -0.122. The highest BCUT2D eigenvalue weighted by molar-refractivity contribution is 7.98. The Labute approximate surface area is 182 Å². The molecule has 0 saturated carbocycles. The van der Waals surface area contributed by atoms with Crippen molar-refractivity contribution < 1.29 is 13.2 Å². The van der Waals surface area contributed by atoms with Gasteiger partial charge in [-0.15, -0.1) is 0 Å². The zero-order chi connectivity index (χ0) is 21.4. The van der Waals surface area contributed by atoms with Crippen molar-refractivity contribution in [3.8, 4) is 0 Å². The molecule has 2 aromatic carbocycles. The van der Waals surface area contributed by atoms with Crippen molar-refractivity contribution in [2.75, 3.05) is 22.9 Å². The molecule has 0 radical (unpaired) electrons.